The number of hydrogen-bond acceptors (Lipinski definition) is 2. The summed E-state index contributed by atoms with van der Waals surface area (Å²) in [4.78, 5) is 0. The minimum atomic E-state index is -0.190. The van der Waals surface area contributed by atoms with Crippen molar-refractivity contribution in [3.63, 3.8) is 0 Å². The largest absolute Gasteiger partial charge is 0.381 e. The second-order valence-corrected chi connectivity index (χ2v) is 4.13. The predicted molar refractivity (Wildman–Crippen MR) is 69.6 cm³/mol. The van der Waals surface area contributed by atoms with E-state index in [0.29, 0.717) is 17.7 Å². The third-order valence-corrected chi connectivity index (χ3v) is 2.71. The van der Waals surface area contributed by atoms with Crippen molar-refractivity contribution >= 4 is 5.69 Å². The maximum Gasteiger partial charge on any atom is 0.126 e. The topological polar surface area (TPSA) is 35.8 Å². The highest BCUT2D eigenvalue weighted by Gasteiger charge is 1.99. The van der Waals surface area contributed by atoms with Crippen LogP contribution in [0.5, 0.6) is 0 Å². The van der Waals surface area contributed by atoms with E-state index in [1.165, 1.54) is 6.07 Å². The van der Waals surface area contributed by atoms with Crippen molar-refractivity contribution in [3.8, 4) is 6.07 Å². The van der Waals surface area contributed by atoms with Gasteiger partial charge in [0.25, 0.3) is 0 Å². The highest BCUT2D eigenvalue weighted by Crippen LogP contribution is 2.13. The van der Waals surface area contributed by atoms with Crippen LogP contribution in [0.15, 0.2) is 42.5 Å². The normalized spacial score (nSPS) is 9.83. The van der Waals surface area contributed by atoms with E-state index in [1.807, 2.05) is 18.2 Å². The molecule has 0 bridgehead atoms. The molecule has 0 unspecified atom stereocenters. The molecule has 0 aliphatic heterocycles. The molecule has 2 aromatic carbocycles. The van der Waals surface area contributed by atoms with Crippen LogP contribution in [0.1, 0.15) is 16.7 Å². The first-order chi connectivity index (χ1) is 8.69. The van der Waals surface area contributed by atoms with Gasteiger partial charge in [-0.05, 0) is 42.3 Å². The fraction of sp³-hybridized carbons (Fsp3) is 0.133. The van der Waals surface area contributed by atoms with E-state index in [0.717, 1.165) is 11.3 Å². The van der Waals surface area contributed by atoms with Crippen molar-refractivity contribution in [2.75, 3.05) is 5.32 Å². The number of nitriles is 1. The third-order valence-electron chi connectivity index (χ3n) is 2.71. The van der Waals surface area contributed by atoms with Gasteiger partial charge in [-0.25, -0.2) is 4.39 Å². The molecular weight excluding hydrogens is 227 g/mol. The first-order valence-electron chi connectivity index (χ1n) is 5.68. The van der Waals surface area contributed by atoms with Crippen molar-refractivity contribution in [1.29, 1.82) is 5.26 Å². The van der Waals surface area contributed by atoms with E-state index in [-0.39, 0.29) is 5.82 Å². The molecule has 0 atom stereocenters. The van der Waals surface area contributed by atoms with Crippen LogP contribution in [-0.4, -0.2) is 0 Å². The monoisotopic (exact) mass is 240 g/mol. The van der Waals surface area contributed by atoms with Crippen LogP contribution >= 0.6 is 0 Å². The fourth-order valence-corrected chi connectivity index (χ4v) is 1.72. The zero-order valence-corrected chi connectivity index (χ0v) is 10.1. The van der Waals surface area contributed by atoms with Crippen molar-refractivity contribution in [2.24, 2.45) is 0 Å². The molecule has 0 spiro atoms. The summed E-state index contributed by atoms with van der Waals surface area (Å²) in [5.74, 6) is -0.190. The molecule has 18 heavy (non-hydrogen) atoms. The Morgan fingerprint density at radius 3 is 2.78 bits per heavy atom. The van der Waals surface area contributed by atoms with Crippen molar-refractivity contribution < 1.29 is 4.39 Å². The van der Waals surface area contributed by atoms with Gasteiger partial charge in [-0.1, -0.05) is 18.2 Å². The van der Waals surface area contributed by atoms with E-state index in [2.05, 4.69) is 11.4 Å². The third kappa shape index (κ3) is 2.86. The van der Waals surface area contributed by atoms with E-state index < -0.39 is 0 Å². The van der Waals surface area contributed by atoms with Crippen LogP contribution < -0.4 is 5.32 Å². The quantitative estimate of drug-likeness (QED) is 0.889. The van der Waals surface area contributed by atoms with Gasteiger partial charge in [-0.3, -0.25) is 0 Å². The Morgan fingerprint density at radius 1 is 1.22 bits per heavy atom. The molecule has 0 saturated heterocycles. The van der Waals surface area contributed by atoms with Crippen LogP contribution in [0, 0.1) is 24.1 Å². The van der Waals surface area contributed by atoms with Gasteiger partial charge in [0.05, 0.1) is 11.6 Å². The lowest BCUT2D eigenvalue weighted by atomic mass is 10.1. The number of anilines is 1. The van der Waals surface area contributed by atoms with E-state index >= 15 is 0 Å². The molecule has 2 aromatic rings. The first kappa shape index (κ1) is 12.1. The molecule has 0 aliphatic rings. The molecule has 0 radical (unpaired) electrons. The number of nitrogens with one attached hydrogen (secondary N) is 1. The van der Waals surface area contributed by atoms with Gasteiger partial charge in [-0.2, -0.15) is 5.26 Å². The number of halogens is 1. The minimum Gasteiger partial charge on any atom is -0.381 e. The molecule has 1 N–H and O–H groups in total. The van der Waals surface area contributed by atoms with Crippen LogP contribution in [-0.2, 0) is 6.54 Å². The predicted octanol–water partition coefficient (Wildman–Crippen LogP) is 3.62. The zero-order chi connectivity index (χ0) is 13.0. The standard InChI is InChI=1S/C15H13FN2/c1-11-7-13(5-6-15(11)16)10-18-14-4-2-3-12(8-14)9-17/h2-8,18H,10H2,1H3. The molecule has 2 nitrogen and oxygen atoms in total. The lowest BCUT2D eigenvalue weighted by Gasteiger charge is -2.07. The maximum absolute atomic E-state index is 13.1. The summed E-state index contributed by atoms with van der Waals surface area (Å²) >= 11 is 0. The van der Waals surface area contributed by atoms with Crippen LogP contribution in [0.25, 0.3) is 0 Å². The summed E-state index contributed by atoms with van der Waals surface area (Å²) < 4.78 is 13.1. The molecule has 90 valence electrons. The second kappa shape index (κ2) is 5.33. The summed E-state index contributed by atoms with van der Waals surface area (Å²) in [7, 11) is 0. The Kier molecular flexibility index (Phi) is 3.59. The Labute approximate surface area is 106 Å². The van der Waals surface area contributed by atoms with Crippen molar-refractivity contribution in [3.05, 3.63) is 65.0 Å². The average Bonchev–Trinajstić information content (AvgIpc) is 2.40. The van der Waals surface area contributed by atoms with E-state index in [9.17, 15) is 4.39 Å². The zero-order valence-electron chi connectivity index (χ0n) is 10.1. The maximum atomic E-state index is 13.1. The van der Waals surface area contributed by atoms with Gasteiger partial charge in [0, 0.05) is 12.2 Å². The number of aryl methyl sites for hydroxylation is 1. The number of rotatable bonds is 3. The Balaban J connectivity index is 2.07. The molecule has 0 aromatic heterocycles. The highest BCUT2D eigenvalue weighted by atomic mass is 19.1. The summed E-state index contributed by atoms with van der Waals surface area (Å²) in [5.41, 5.74) is 3.16. The molecule has 0 saturated carbocycles. The van der Waals surface area contributed by atoms with Gasteiger partial charge >= 0.3 is 0 Å². The summed E-state index contributed by atoms with van der Waals surface area (Å²) in [6.45, 7) is 2.35. The van der Waals surface area contributed by atoms with Gasteiger partial charge in [-0.15, -0.1) is 0 Å². The highest BCUT2D eigenvalue weighted by molar-refractivity contribution is 5.49. The van der Waals surface area contributed by atoms with Crippen molar-refractivity contribution in [2.45, 2.75) is 13.5 Å². The number of nitrogens with zero attached hydrogens (tertiary/aromatic N) is 1. The molecule has 0 fully saturated rings. The summed E-state index contributed by atoms with van der Waals surface area (Å²) in [6.07, 6.45) is 0. The lowest BCUT2D eigenvalue weighted by molar-refractivity contribution is 0.617. The minimum absolute atomic E-state index is 0.190. The van der Waals surface area contributed by atoms with Gasteiger partial charge in [0.15, 0.2) is 0 Å². The molecule has 0 amide bonds. The van der Waals surface area contributed by atoms with Crippen LogP contribution in [0.4, 0.5) is 10.1 Å². The second-order valence-electron chi connectivity index (χ2n) is 4.13. The summed E-state index contributed by atoms with van der Waals surface area (Å²) in [5, 5.41) is 12.0. The van der Waals surface area contributed by atoms with Crippen molar-refractivity contribution in [1.82, 2.24) is 0 Å². The molecule has 0 aliphatic carbocycles. The van der Waals surface area contributed by atoms with Gasteiger partial charge in [0.2, 0.25) is 0 Å². The molecular formula is C15H13FN2. The van der Waals surface area contributed by atoms with Gasteiger partial charge < -0.3 is 5.32 Å². The average molecular weight is 240 g/mol. The van der Waals surface area contributed by atoms with Gasteiger partial charge in [0.1, 0.15) is 5.82 Å². The van der Waals surface area contributed by atoms with E-state index in [4.69, 9.17) is 5.26 Å². The lowest BCUT2D eigenvalue weighted by Crippen LogP contribution is -2.00. The smallest absolute Gasteiger partial charge is 0.126 e. The molecule has 2 rings (SSSR count). The van der Waals surface area contributed by atoms with E-state index in [1.54, 1.807) is 25.1 Å². The SMILES string of the molecule is Cc1cc(CNc2cccc(C#N)c2)ccc1F. The number of benzene rings is 2. The molecule has 3 heteroatoms. The Hall–Kier alpha value is -2.34. The Morgan fingerprint density at radius 2 is 2.06 bits per heavy atom. The first-order valence-corrected chi connectivity index (χ1v) is 5.68. The summed E-state index contributed by atoms with van der Waals surface area (Å²) in [6, 6.07) is 14.4. The van der Waals surface area contributed by atoms with Crippen LogP contribution in [0.2, 0.25) is 0 Å². The molecule has 0 heterocycles. The number of hydrogen-bond donors (Lipinski definition) is 1. The van der Waals surface area contributed by atoms with Crippen LogP contribution in [0.3, 0.4) is 0 Å². The Bertz CT molecular complexity index is 600. The fourth-order valence-electron chi connectivity index (χ4n) is 1.72.